The predicted molar refractivity (Wildman–Crippen MR) is 116 cm³/mol. The van der Waals surface area contributed by atoms with Crippen LogP contribution in [0.4, 0.5) is 10.5 Å². The molecule has 1 amide bonds. The van der Waals surface area contributed by atoms with Crippen LogP contribution >= 0.6 is 24.0 Å². The summed E-state index contributed by atoms with van der Waals surface area (Å²) < 4.78 is 5.78. The van der Waals surface area contributed by atoms with Crippen LogP contribution in [0.1, 0.15) is 11.3 Å². The summed E-state index contributed by atoms with van der Waals surface area (Å²) in [5.41, 5.74) is 1.35. The lowest BCUT2D eigenvalue weighted by Crippen LogP contribution is -2.26. The lowest BCUT2D eigenvalue weighted by atomic mass is 10.1. The second kappa shape index (κ2) is 8.02. The maximum Gasteiger partial charge on any atom is 0.291 e. The first kappa shape index (κ1) is 19.1. The summed E-state index contributed by atoms with van der Waals surface area (Å²) in [6.07, 6.45) is 1.69. The summed E-state index contributed by atoms with van der Waals surface area (Å²) >= 11 is 6.53. The van der Waals surface area contributed by atoms with Gasteiger partial charge in [-0.3, -0.25) is 19.8 Å². The minimum atomic E-state index is -0.446. The first-order chi connectivity index (χ1) is 14.0. The average Bonchev–Trinajstić information content (AvgIpc) is 3.29. The van der Waals surface area contributed by atoms with Crippen LogP contribution in [0.3, 0.4) is 0 Å². The summed E-state index contributed by atoms with van der Waals surface area (Å²) in [4.78, 5) is 25.8. The first-order valence-corrected chi connectivity index (χ1v) is 9.88. The van der Waals surface area contributed by atoms with E-state index >= 15 is 0 Å². The molecule has 6 nitrogen and oxygen atoms in total. The number of carbonyl (C=O) groups excluding carboxylic acids is 1. The Bertz CT molecular complexity index is 1140. The SMILES string of the molecule is O=C1S/C(=C\c2ccc(-c3ccccc3[N+](=O)[O-])o2)C(=S)N1Cc1ccccc1. The lowest BCUT2D eigenvalue weighted by Gasteiger charge is -2.14. The van der Waals surface area contributed by atoms with Crippen LogP contribution in [-0.4, -0.2) is 20.1 Å². The molecule has 2 aromatic carbocycles. The normalized spacial score (nSPS) is 15.3. The number of rotatable bonds is 5. The van der Waals surface area contributed by atoms with Gasteiger partial charge in [-0.2, -0.15) is 0 Å². The van der Waals surface area contributed by atoms with E-state index in [2.05, 4.69) is 0 Å². The number of hydrogen-bond acceptors (Lipinski definition) is 6. The van der Waals surface area contributed by atoms with Gasteiger partial charge in [-0.1, -0.05) is 54.7 Å². The molecule has 2 heterocycles. The van der Waals surface area contributed by atoms with Gasteiger partial charge in [0.15, 0.2) is 0 Å². The molecule has 0 radical (unpaired) electrons. The third-order valence-electron chi connectivity index (χ3n) is 4.32. The lowest BCUT2D eigenvalue weighted by molar-refractivity contribution is -0.384. The van der Waals surface area contributed by atoms with Crippen molar-refractivity contribution in [1.82, 2.24) is 4.90 Å². The average molecular weight is 422 g/mol. The van der Waals surface area contributed by atoms with Crippen molar-refractivity contribution in [3.63, 3.8) is 0 Å². The predicted octanol–water partition coefficient (Wildman–Crippen LogP) is 5.89. The molecule has 0 N–H and O–H groups in total. The molecule has 144 valence electrons. The fraction of sp³-hybridized carbons (Fsp3) is 0.0476. The van der Waals surface area contributed by atoms with E-state index in [0.29, 0.717) is 33.5 Å². The molecule has 29 heavy (non-hydrogen) atoms. The summed E-state index contributed by atoms with van der Waals surface area (Å²) in [5.74, 6) is 0.850. The molecule has 4 rings (SSSR count). The topological polar surface area (TPSA) is 76.6 Å². The van der Waals surface area contributed by atoms with E-state index in [-0.39, 0.29) is 10.9 Å². The first-order valence-electron chi connectivity index (χ1n) is 8.66. The second-order valence-corrected chi connectivity index (χ2v) is 7.61. The van der Waals surface area contributed by atoms with Gasteiger partial charge in [0.2, 0.25) is 0 Å². The molecular weight excluding hydrogens is 408 g/mol. The van der Waals surface area contributed by atoms with E-state index in [1.807, 2.05) is 30.3 Å². The molecule has 1 aliphatic heterocycles. The van der Waals surface area contributed by atoms with Crippen LogP contribution in [0.2, 0.25) is 0 Å². The molecule has 0 bridgehead atoms. The standard InChI is InChI=1S/C21H14N2O4S2/c24-21-22(13-14-6-2-1-3-7-14)20(28)19(29-21)12-15-10-11-18(27-15)16-8-4-5-9-17(16)23(25)26/h1-12H,13H2/b19-12-. The number of nitro groups is 1. The summed E-state index contributed by atoms with van der Waals surface area (Å²) in [5, 5.41) is 11.1. The Morgan fingerprint density at radius 3 is 2.55 bits per heavy atom. The van der Waals surface area contributed by atoms with E-state index in [9.17, 15) is 14.9 Å². The Kier molecular flexibility index (Phi) is 5.28. The number of furan rings is 1. The zero-order valence-electron chi connectivity index (χ0n) is 15.0. The molecule has 1 aliphatic rings. The minimum Gasteiger partial charge on any atom is -0.456 e. The van der Waals surface area contributed by atoms with E-state index in [1.54, 1.807) is 41.3 Å². The number of nitro benzene ring substituents is 1. The third kappa shape index (κ3) is 3.98. The molecule has 0 unspecified atom stereocenters. The number of amides is 1. The quantitative estimate of drug-likeness (QED) is 0.221. The van der Waals surface area contributed by atoms with Crippen molar-refractivity contribution < 1.29 is 14.1 Å². The van der Waals surface area contributed by atoms with Crippen LogP contribution in [0.25, 0.3) is 17.4 Å². The summed E-state index contributed by atoms with van der Waals surface area (Å²) in [6, 6.07) is 19.4. The van der Waals surface area contributed by atoms with Crippen LogP contribution in [-0.2, 0) is 6.54 Å². The Labute approximate surface area is 176 Å². The van der Waals surface area contributed by atoms with Gasteiger partial charge < -0.3 is 4.42 Å². The summed E-state index contributed by atoms with van der Waals surface area (Å²) in [6.45, 7) is 0.405. The zero-order chi connectivity index (χ0) is 20.4. The molecule has 0 spiro atoms. The number of hydrogen-bond donors (Lipinski definition) is 0. The van der Waals surface area contributed by atoms with Crippen molar-refractivity contribution in [1.29, 1.82) is 0 Å². The van der Waals surface area contributed by atoms with E-state index in [0.717, 1.165) is 17.3 Å². The van der Waals surface area contributed by atoms with Crippen molar-refractivity contribution in [2.75, 3.05) is 0 Å². The van der Waals surface area contributed by atoms with Gasteiger partial charge >= 0.3 is 0 Å². The number of para-hydroxylation sites is 1. The molecule has 1 saturated heterocycles. The Morgan fingerprint density at radius 1 is 1.07 bits per heavy atom. The van der Waals surface area contributed by atoms with Crippen molar-refractivity contribution in [3.05, 3.63) is 93.1 Å². The van der Waals surface area contributed by atoms with Gasteiger partial charge in [-0.25, -0.2) is 0 Å². The number of carbonyl (C=O) groups is 1. The van der Waals surface area contributed by atoms with Crippen LogP contribution in [0, 0.1) is 10.1 Å². The van der Waals surface area contributed by atoms with Crippen molar-refractivity contribution in [3.8, 4) is 11.3 Å². The van der Waals surface area contributed by atoms with E-state index in [1.165, 1.54) is 6.07 Å². The number of thioether (sulfide) groups is 1. The Balaban J connectivity index is 1.57. The van der Waals surface area contributed by atoms with Gasteiger partial charge in [-0.05, 0) is 41.6 Å². The summed E-state index contributed by atoms with van der Waals surface area (Å²) in [7, 11) is 0. The third-order valence-corrected chi connectivity index (χ3v) is 5.82. The molecule has 3 aromatic rings. The monoisotopic (exact) mass is 422 g/mol. The highest BCUT2D eigenvalue weighted by Crippen LogP contribution is 2.36. The van der Waals surface area contributed by atoms with E-state index in [4.69, 9.17) is 16.6 Å². The Hall–Kier alpha value is -3.23. The maximum absolute atomic E-state index is 12.4. The molecular formula is C21H14N2O4S2. The molecule has 8 heteroatoms. The maximum atomic E-state index is 12.4. The fourth-order valence-electron chi connectivity index (χ4n) is 2.95. The smallest absolute Gasteiger partial charge is 0.291 e. The van der Waals surface area contributed by atoms with Crippen molar-refractivity contribution >= 4 is 46.0 Å². The Morgan fingerprint density at radius 2 is 1.79 bits per heavy atom. The number of nitrogens with zero attached hydrogens (tertiary/aromatic N) is 2. The highest BCUT2D eigenvalue weighted by molar-refractivity contribution is 8.19. The highest BCUT2D eigenvalue weighted by Gasteiger charge is 2.32. The number of thiocarbonyl (C=S) groups is 1. The van der Waals surface area contributed by atoms with Crippen LogP contribution in [0.5, 0.6) is 0 Å². The van der Waals surface area contributed by atoms with Gasteiger partial charge in [0.25, 0.3) is 10.9 Å². The van der Waals surface area contributed by atoms with Gasteiger partial charge in [0.05, 0.1) is 21.9 Å². The zero-order valence-corrected chi connectivity index (χ0v) is 16.6. The largest absolute Gasteiger partial charge is 0.456 e. The van der Waals surface area contributed by atoms with Gasteiger partial charge in [0, 0.05) is 6.07 Å². The van der Waals surface area contributed by atoms with E-state index < -0.39 is 4.92 Å². The fourth-order valence-corrected chi connectivity index (χ4v) is 4.16. The molecule has 0 atom stereocenters. The van der Waals surface area contributed by atoms with Gasteiger partial charge in [-0.15, -0.1) is 0 Å². The second-order valence-electron chi connectivity index (χ2n) is 6.23. The van der Waals surface area contributed by atoms with Crippen LogP contribution < -0.4 is 0 Å². The molecule has 0 saturated carbocycles. The molecule has 1 fully saturated rings. The molecule has 1 aromatic heterocycles. The van der Waals surface area contributed by atoms with Gasteiger partial charge in [0.1, 0.15) is 16.5 Å². The highest BCUT2D eigenvalue weighted by atomic mass is 32.2. The van der Waals surface area contributed by atoms with Crippen molar-refractivity contribution in [2.24, 2.45) is 0 Å². The number of benzene rings is 2. The van der Waals surface area contributed by atoms with Crippen molar-refractivity contribution in [2.45, 2.75) is 6.54 Å². The van der Waals surface area contributed by atoms with Crippen LogP contribution in [0.15, 0.2) is 76.1 Å². The molecule has 0 aliphatic carbocycles. The minimum absolute atomic E-state index is 0.0315.